The maximum Gasteiger partial charge on any atom is 0.257 e. The van der Waals surface area contributed by atoms with Crippen LogP contribution in [0.3, 0.4) is 0 Å². The van der Waals surface area contributed by atoms with Crippen LogP contribution in [-0.2, 0) is 19.1 Å². The summed E-state index contributed by atoms with van der Waals surface area (Å²) in [4.78, 5) is 37.5. The number of Topliss-reactive ketones (excluding diaryl/α,β-unsaturated/α-hetero) is 2. The molecule has 122 valence electrons. The fourth-order valence-corrected chi connectivity index (χ4v) is 2.68. The number of anilines is 2. The van der Waals surface area contributed by atoms with Crippen LogP contribution in [0.15, 0.2) is 60.7 Å². The molecule has 5 nitrogen and oxygen atoms in total. The van der Waals surface area contributed by atoms with Gasteiger partial charge in [-0.05, 0) is 24.3 Å². The van der Waals surface area contributed by atoms with E-state index in [-0.39, 0.29) is 36.9 Å². The molecule has 0 unspecified atom stereocenters. The molecule has 5 heteroatoms. The average molecular weight is 323 g/mol. The van der Waals surface area contributed by atoms with Gasteiger partial charge >= 0.3 is 0 Å². The van der Waals surface area contributed by atoms with E-state index in [1.54, 1.807) is 0 Å². The predicted molar refractivity (Wildman–Crippen MR) is 89.0 cm³/mol. The van der Waals surface area contributed by atoms with Crippen molar-refractivity contribution in [2.45, 2.75) is 18.9 Å². The standard InChI is InChI=1S/C19H17NO4/c21-16-11-12-17(22)19(16)24-13-18(23)20(14-7-3-1-4-8-14)15-9-5-2-6-10-15/h1-10,19H,11-13H2. The topological polar surface area (TPSA) is 63.7 Å². The first-order valence-corrected chi connectivity index (χ1v) is 7.77. The van der Waals surface area contributed by atoms with Gasteiger partial charge in [-0.2, -0.15) is 0 Å². The number of hydrogen-bond acceptors (Lipinski definition) is 4. The Labute approximate surface area is 139 Å². The normalized spacial score (nSPS) is 14.8. The number of para-hydroxylation sites is 2. The highest BCUT2D eigenvalue weighted by atomic mass is 16.5. The number of amides is 1. The highest BCUT2D eigenvalue weighted by molar-refractivity contribution is 6.11. The molecular formula is C19H17NO4. The molecule has 0 N–H and O–H groups in total. The number of ketones is 2. The molecule has 0 aliphatic heterocycles. The molecule has 2 aromatic carbocycles. The molecule has 0 atom stereocenters. The van der Waals surface area contributed by atoms with E-state index in [2.05, 4.69) is 0 Å². The molecule has 1 aliphatic rings. The molecule has 1 aliphatic carbocycles. The second-order valence-corrected chi connectivity index (χ2v) is 5.52. The van der Waals surface area contributed by atoms with Crippen LogP contribution in [0.2, 0.25) is 0 Å². The van der Waals surface area contributed by atoms with Crippen LogP contribution in [0.1, 0.15) is 12.8 Å². The van der Waals surface area contributed by atoms with Crippen molar-refractivity contribution in [2.75, 3.05) is 11.5 Å². The summed E-state index contributed by atoms with van der Waals surface area (Å²) in [5, 5.41) is 0. The third-order valence-electron chi connectivity index (χ3n) is 3.85. The monoisotopic (exact) mass is 323 g/mol. The van der Waals surface area contributed by atoms with Crippen molar-refractivity contribution in [3.63, 3.8) is 0 Å². The van der Waals surface area contributed by atoms with Crippen molar-refractivity contribution < 1.29 is 19.1 Å². The second-order valence-electron chi connectivity index (χ2n) is 5.52. The van der Waals surface area contributed by atoms with Gasteiger partial charge in [0, 0.05) is 24.2 Å². The molecule has 3 rings (SSSR count). The molecule has 2 aromatic rings. The zero-order valence-corrected chi connectivity index (χ0v) is 13.1. The van der Waals surface area contributed by atoms with E-state index in [0.29, 0.717) is 11.4 Å². The van der Waals surface area contributed by atoms with Crippen molar-refractivity contribution in [3.05, 3.63) is 60.7 Å². The lowest BCUT2D eigenvalue weighted by atomic mass is 10.2. The average Bonchev–Trinajstić information content (AvgIpc) is 2.93. The Bertz CT molecular complexity index is 687. The van der Waals surface area contributed by atoms with Crippen LogP contribution < -0.4 is 4.90 Å². The first-order valence-electron chi connectivity index (χ1n) is 7.77. The molecule has 1 saturated carbocycles. The molecule has 0 aromatic heterocycles. The minimum Gasteiger partial charge on any atom is -0.353 e. The third-order valence-corrected chi connectivity index (χ3v) is 3.85. The van der Waals surface area contributed by atoms with Crippen molar-refractivity contribution in [1.82, 2.24) is 0 Å². The Morgan fingerprint density at radius 2 is 1.33 bits per heavy atom. The Morgan fingerprint density at radius 3 is 1.79 bits per heavy atom. The van der Waals surface area contributed by atoms with E-state index < -0.39 is 6.10 Å². The van der Waals surface area contributed by atoms with Crippen LogP contribution in [0.4, 0.5) is 11.4 Å². The van der Waals surface area contributed by atoms with Gasteiger partial charge in [-0.15, -0.1) is 0 Å². The first-order chi connectivity index (χ1) is 11.7. The van der Waals surface area contributed by atoms with Gasteiger partial charge in [0.15, 0.2) is 17.7 Å². The van der Waals surface area contributed by atoms with Crippen molar-refractivity contribution in [2.24, 2.45) is 0 Å². The lowest BCUT2D eigenvalue weighted by Crippen LogP contribution is -2.34. The van der Waals surface area contributed by atoms with Crippen molar-refractivity contribution in [3.8, 4) is 0 Å². The van der Waals surface area contributed by atoms with Crippen LogP contribution >= 0.6 is 0 Å². The van der Waals surface area contributed by atoms with Crippen LogP contribution in [0.25, 0.3) is 0 Å². The summed E-state index contributed by atoms with van der Waals surface area (Å²) in [7, 11) is 0. The molecular weight excluding hydrogens is 306 g/mol. The maximum atomic E-state index is 12.7. The van der Waals surface area contributed by atoms with Crippen LogP contribution in [0.5, 0.6) is 0 Å². The number of benzene rings is 2. The second kappa shape index (κ2) is 7.19. The van der Waals surface area contributed by atoms with E-state index in [1.807, 2.05) is 60.7 Å². The van der Waals surface area contributed by atoms with Gasteiger partial charge in [0.25, 0.3) is 5.91 Å². The van der Waals surface area contributed by atoms with E-state index in [1.165, 1.54) is 4.90 Å². The lowest BCUT2D eigenvalue weighted by molar-refractivity contribution is -0.139. The number of carbonyl (C=O) groups is 3. The number of ether oxygens (including phenoxy) is 1. The summed E-state index contributed by atoms with van der Waals surface area (Å²) in [6.07, 6.45) is -0.709. The zero-order valence-electron chi connectivity index (χ0n) is 13.1. The molecule has 0 saturated heterocycles. The van der Waals surface area contributed by atoms with Crippen LogP contribution in [0, 0.1) is 0 Å². The first kappa shape index (κ1) is 16.1. The molecule has 24 heavy (non-hydrogen) atoms. The minimum atomic E-state index is -1.10. The summed E-state index contributed by atoms with van der Waals surface area (Å²) < 4.78 is 5.32. The SMILES string of the molecule is O=C1CCC(=O)C1OCC(=O)N(c1ccccc1)c1ccccc1. The highest BCUT2D eigenvalue weighted by Gasteiger charge is 2.34. The Balaban J connectivity index is 1.79. The zero-order chi connectivity index (χ0) is 16.9. The number of carbonyl (C=O) groups excluding carboxylic acids is 3. The van der Waals surface area contributed by atoms with E-state index in [4.69, 9.17) is 4.74 Å². The summed E-state index contributed by atoms with van der Waals surface area (Å²) >= 11 is 0. The van der Waals surface area contributed by atoms with Gasteiger partial charge in [-0.25, -0.2) is 0 Å². The summed E-state index contributed by atoms with van der Waals surface area (Å²) in [6, 6.07) is 18.3. The lowest BCUT2D eigenvalue weighted by Gasteiger charge is -2.23. The molecule has 1 amide bonds. The largest absolute Gasteiger partial charge is 0.353 e. The number of rotatable bonds is 5. The molecule has 0 bridgehead atoms. The number of hydrogen-bond donors (Lipinski definition) is 0. The number of nitrogens with zero attached hydrogens (tertiary/aromatic N) is 1. The maximum absolute atomic E-state index is 12.7. The van der Waals surface area contributed by atoms with Gasteiger partial charge in [0.05, 0.1) is 0 Å². The van der Waals surface area contributed by atoms with Gasteiger partial charge in [-0.1, -0.05) is 36.4 Å². The summed E-state index contributed by atoms with van der Waals surface area (Å²) in [5.74, 6) is -0.836. The third kappa shape index (κ3) is 3.41. The molecule has 0 spiro atoms. The summed E-state index contributed by atoms with van der Waals surface area (Å²) in [5.41, 5.74) is 1.39. The van der Waals surface area contributed by atoms with E-state index in [9.17, 15) is 14.4 Å². The van der Waals surface area contributed by atoms with Gasteiger partial charge in [0.1, 0.15) is 6.61 Å². The smallest absolute Gasteiger partial charge is 0.257 e. The predicted octanol–water partition coefficient (Wildman–Crippen LogP) is 2.67. The Morgan fingerprint density at radius 1 is 0.875 bits per heavy atom. The van der Waals surface area contributed by atoms with E-state index in [0.717, 1.165) is 0 Å². The van der Waals surface area contributed by atoms with Gasteiger partial charge in [0.2, 0.25) is 0 Å². The van der Waals surface area contributed by atoms with Crippen molar-refractivity contribution in [1.29, 1.82) is 0 Å². The Hall–Kier alpha value is -2.79. The fourth-order valence-electron chi connectivity index (χ4n) is 2.68. The van der Waals surface area contributed by atoms with Crippen LogP contribution in [-0.4, -0.2) is 30.2 Å². The molecule has 0 heterocycles. The minimum absolute atomic E-state index is 0.193. The fraction of sp³-hybridized carbons (Fsp3) is 0.211. The van der Waals surface area contributed by atoms with Crippen molar-refractivity contribution >= 4 is 28.8 Å². The highest BCUT2D eigenvalue weighted by Crippen LogP contribution is 2.25. The molecule has 0 radical (unpaired) electrons. The van der Waals surface area contributed by atoms with Gasteiger partial charge in [-0.3, -0.25) is 19.3 Å². The van der Waals surface area contributed by atoms with E-state index >= 15 is 0 Å². The quantitative estimate of drug-likeness (QED) is 0.794. The Kier molecular flexibility index (Phi) is 4.82. The summed E-state index contributed by atoms with van der Waals surface area (Å²) in [6.45, 7) is -0.327. The molecule has 1 fully saturated rings. The van der Waals surface area contributed by atoms with Gasteiger partial charge < -0.3 is 4.74 Å².